The van der Waals surface area contributed by atoms with Gasteiger partial charge in [0.1, 0.15) is 18.7 Å². The predicted molar refractivity (Wildman–Crippen MR) is 129 cm³/mol. The molecule has 2 fully saturated rings. The maximum Gasteiger partial charge on any atom is 0.329 e. The van der Waals surface area contributed by atoms with Crippen LogP contribution in [0.25, 0.3) is 0 Å². The average Bonchev–Trinajstić information content (AvgIpc) is 3.38. The molecule has 2 saturated heterocycles. The number of amides is 2. The number of nitrogens with one attached hydrogen (secondary N) is 2. The molecule has 2 amide bonds. The first-order chi connectivity index (χ1) is 16.6. The zero-order chi connectivity index (χ0) is 23.8. The molecule has 2 heterocycles. The molecule has 180 valence electrons. The molecule has 7 nitrogen and oxygen atoms in total. The van der Waals surface area contributed by atoms with Crippen LogP contribution in [0.3, 0.4) is 0 Å². The average molecular weight is 464 g/mol. The van der Waals surface area contributed by atoms with Crippen molar-refractivity contribution < 1.29 is 19.1 Å². The normalized spacial score (nSPS) is 21.0. The van der Waals surface area contributed by atoms with Crippen LogP contribution in [0.1, 0.15) is 43.2 Å². The molecule has 2 N–H and O–H groups in total. The highest BCUT2D eigenvalue weighted by Crippen LogP contribution is 2.21. The lowest BCUT2D eigenvalue weighted by Gasteiger charge is -2.30. The largest absolute Gasteiger partial charge is 0.459 e. The van der Waals surface area contributed by atoms with E-state index < -0.39 is 18.1 Å². The van der Waals surface area contributed by atoms with E-state index in [2.05, 4.69) is 10.6 Å². The predicted octanol–water partition coefficient (Wildman–Crippen LogP) is 2.59. The van der Waals surface area contributed by atoms with Gasteiger partial charge >= 0.3 is 5.97 Å². The molecule has 0 bridgehead atoms. The number of hydrogen-bond donors (Lipinski definition) is 2. The minimum atomic E-state index is -0.735. The Hall–Kier alpha value is -3.19. The molecule has 0 unspecified atom stereocenters. The number of rotatable bonds is 8. The van der Waals surface area contributed by atoms with Crippen molar-refractivity contribution >= 4 is 17.8 Å². The van der Waals surface area contributed by atoms with Gasteiger partial charge in [-0.3, -0.25) is 9.59 Å². The van der Waals surface area contributed by atoms with Gasteiger partial charge in [0.2, 0.25) is 11.8 Å². The fraction of sp³-hybridized carbons (Fsp3) is 0.444. The Bertz CT molecular complexity index is 960. The van der Waals surface area contributed by atoms with Gasteiger partial charge in [0.05, 0.1) is 6.04 Å². The highest BCUT2D eigenvalue weighted by atomic mass is 16.5. The monoisotopic (exact) mass is 463 g/mol. The van der Waals surface area contributed by atoms with Crippen molar-refractivity contribution in [1.29, 1.82) is 0 Å². The van der Waals surface area contributed by atoms with Crippen molar-refractivity contribution in [2.45, 2.75) is 63.3 Å². The number of nitrogens with zero attached hydrogens (tertiary/aromatic N) is 1. The van der Waals surface area contributed by atoms with Crippen molar-refractivity contribution in [3.8, 4) is 0 Å². The van der Waals surface area contributed by atoms with Gasteiger partial charge in [0.25, 0.3) is 0 Å². The maximum absolute atomic E-state index is 13.6. The number of ether oxygens (including phenoxy) is 1. The Morgan fingerprint density at radius 1 is 0.941 bits per heavy atom. The van der Waals surface area contributed by atoms with Gasteiger partial charge in [-0.25, -0.2) is 4.79 Å². The van der Waals surface area contributed by atoms with E-state index in [-0.39, 0.29) is 24.5 Å². The van der Waals surface area contributed by atoms with E-state index >= 15 is 0 Å². The van der Waals surface area contributed by atoms with E-state index in [1.165, 1.54) is 0 Å². The summed E-state index contributed by atoms with van der Waals surface area (Å²) in [7, 11) is 0. The first-order valence-electron chi connectivity index (χ1n) is 12.2. The van der Waals surface area contributed by atoms with Crippen LogP contribution in [0.5, 0.6) is 0 Å². The molecule has 0 aromatic heterocycles. The van der Waals surface area contributed by atoms with Crippen LogP contribution < -0.4 is 10.6 Å². The number of carbonyl (C=O) groups excluding carboxylic acids is 3. The molecule has 2 aliphatic rings. The minimum absolute atomic E-state index is 0.156. The van der Waals surface area contributed by atoms with Crippen molar-refractivity contribution in [2.75, 3.05) is 13.1 Å². The Morgan fingerprint density at radius 3 is 2.32 bits per heavy atom. The third-order valence-corrected chi connectivity index (χ3v) is 6.56. The standard InChI is InChI=1S/C27H33N3O4/c31-25(22-14-7-8-16-28-22)29-23(18-20-10-3-1-4-11-20)26(32)30-17-9-15-24(30)27(33)34-19-21-12-5-2-6-13-21/h1-6,10-13,22-24,28H,7-9,14-19H2,(H,29,31)/t22-,23+,24-/m0/s1. The van der Waals surface area contributed by atoms with Crippen molar-refractivity contribution in [2.24, 2.45) is 0 Å². The molecule has 0 spiro atoms. The number of benzene rings is 2. The fourth-order valence-corrected chi connectivity index (χ4v) is 4.70. The molecule has 2 aliphatic heterocycles. The molecule has 7 heteroatoms. The summed E-state index contributed by atoms with van der Waals surface area (Å²) in [5.41, 5.74) is 1.86. The second kappa shape index (κ2) is 11.8. The van der Waals surface area contributed by atoms with Crippen molar-refractivity contribution in [1.82, 2.24) is 15.5 Å². The summed E-state index contributed by atoms with van der Waals surface area (Å²) in [6, 6.07) is 17.5. The van der Waals surface area contributed by atoms with E-state index in [1.54, 1.807) is 4.90 Å². The molecular formula is C27H33N3O4. The van der Waals surface area contributed by atoms with Gasteiger partial charge in [-0.15, -0.1) is 0 Å². The number of piperidine rings is 1. The molecule has 4 rings (SSSR count). The lowest BCUT2D eigenvalue weighted by molar-refractivity contribution is -0.155. The quantitative estimate of drug-likeness (QED) is 0.588. The molecule has 2 aromatic rings. The van der Waals surface area contributed by atoms with E-state index in [9.17, 15) is 14.4 Å². The van der Waals surface area contributed by atoms with Crippen LogP contribution in [-0.4, -0.2) is 53.9 Å². The van der Waals surface area contributed by atoms with Crippen LogP contribution >= 0.6 is 0 Å². The SMILES string of the molecule is O=C(N[C@H](Cc1ccccc1)C(=O)N1CCC[C@H]1C(=O)OCc1ccccc1)[C@@H]1CCCCN1. The van der Waals surface area contributed by atoms with Gasteiger partial charge in [-0.05, 0) is 43.4 Å². The van der Waals surface area contributed by atoms with E-state index in [0.29, 0.717) is 19.4 Å². The second-order valence-corrected chi connectivity index (χ2v) is 9.04. The van der Waals surface area contributed by atoms with Gasteiger partial charge in [-0.2, -0.15) is 0 Å². The van der Waals surface area contributed by atoms with Crippen LogP contribution in [-0.2, 0) is 32.1 Å². The summed E-state index contributed by atoms with van der Waals surface area (Å²) in [6.07, 6.45) is 4.47. The second-order valence-electron chi connectivity index (χ2n) is 9.04. The Morgan fingerprint density at radius 2 is 1.65 bits per heavy atom. The Balaban J connectivity index is 1.44. The first-order valence-corrected chi connectivity index (χ1v) is 12.2. The summed E-state index contributed by atoms with van der Waals surface area (Å²) in [5.74, 6) is -0.781. The van der Waals surface area contributed by atoms with Crippen molar-refractivity contribution in [3.63, 3.8) is 0 Å². The van der Waals surface area contributed by atoms with E-state index in [0.717, 1.165) is 43.4 Å². The summed E-state index contributed by atoms with van der Waals surface area (Å²) < 4.78 is 5.54. The number of hydrogen-bond acceptors (Lipinski definition) is 5. The van der Waals surface area contributed by atoms with Crippen molar-refractivity contribution in [3.05, 3.63) is 71.8 Å². The molecule has 0 radical (unpaired) electrons. The molecule has 3 atom stereocenters. The molecule has 0 saturated carbocycles. The number of likely N-dealkylation sites (tertiary alicyclic amines) is 1. The van der Waals surface area contributed by atoms with Crippen LogP contribution in [0.15, 0.2) is 60.7 Å². The third kappa shape index (κ3) is 6.23. The lowest BCUT2D eigenvalue weighted by atomic mass is 10.0. The smallest absolute Gasteiger partial charge is 0.329 e. The highest BCUT2D eigenvalue weighted by Gasteiger charge is 2.39. The number of carbonyl (C=O) groups is 3. The topological polar surface area (TPSA) is 87.7 Å². The summed E-state index contributed by atoms with van der Waals surface area (Å²) in [6.45, 7) is 1.46. The summed E-state index contributed by atoms with van der Waals surface area (Å²) in [4.78, 5) is 41.1. The summed E-state index contributed by atoms with van der Waals surface area (Å²) in [5, 5.41) is 6.23. The van der Waals surface area contributed by atoms with Gasteiger partial charge in [-0.1, -0.05) is 67.1 Å². The van der Waals surface area contributed by atoms with E-state index in [4.69, 9.17) is 4.74 Å². The lowest BCUT2D eigenvalue weighted by Crippen LogP contribution is -2.56. The molecule has 2 aromatic carbocycles. The van der Waals surface area contributed by atoms with Crippen LogP contribution in [0.4, 0.5) is 0 Å². The van der Waals surface area contributed by atoms with Gasteiger partial charge in [0, 0.05) is 13.0 Å². The number of esters is 1. The first kappa shape index (κ1) is 24.0. The van der Waals surface area contributed by atoms with E-state index in [1.807, 2.05) is 60.7 Å². The summed E-state index contributed by atoms with van der Waals surface area (Å²) >= 11 is 0. The van der Waals surface area contributed by atoms with Gasteiger partial charge in [0.15, 0.2) is 0 Å². The Labute approximate surface area is 200 Å². The van der Waals surface area contributed by atoms with Gasteiger partial charge < -0.3 is 20.3 Å². The zero-order valence-corrected chi connectivity index (χ0v) is 19.4. The maximum atomic E-state index is 13.6. The minimum Gasteiger partial charge on any atom is -0.459 e. The molecule has 0 aliphatic carbocycles. The third-order valence-electron chi connectivity index (χ3n) is 6.56. The zero-order valence-electron chi connectivity index (χ0n) is 19.4. The van der Waals surface area contributed by atoms with Crippen LogP contribution in [0, 0.1) is 0 Å². The highest BCUT2D eigenvalue weighted by molar-refractivity contribution is 5.92. The molecule has 34 heavy (non-hydrogen) atoms. The molecular weight excluding hydrogens is 430 g/mol. The Kier molecular flexibility index (Phi) is 8.31. The van der Waals surface area contributed by atoms with Crippen LogP contribution in [0.2, 0.25) is 0 Å². The fourth-order valence-electron chi connectivity index (χ4n) is 4.70.